The van der Waals surface area contributed by atoms with Gasteiger partial charge in [0.25, 0.3) is 0 Å². The zero-order valence-corrected chi connectivity index (χ0v) is 25.1. The molecule has 0 radical (unpaired) electrons. The summed E-state index contributed by atoms with van der Waals surface area (Å²) in [5.41, 5.74) is 2.09. The van der Waals surface area contributed by atoms with Gasteiger partial charge in [-0.25, -0.2) is 18.2 Å². The molecule has 0 saturated heterocycles. The van der Waals surface area contributed by atoms with Crippen molar-refractivity contribution < 1.29 is 17.1 Å². The van der Waals surface area contributed by atoms with Crippen molar-refractivity contribution in [3.63, 3.8) is 0 Å². The molecule has 0 amide bonds. The Hall–Kier alpha value is -1.48. The first-order valence-corrected chi connectivity index (χ1v) is 15.0. The fraction of sp³-hybridized carbons (Fsp3) is 0.312. The minimum Gasteiger partial charge on any atom is -0.214 e. The summed E-state index contributed by atoms with van der Waals surface area (Å²) in [6.45, 7) is 17.0. The molecule has 0 bridgehead atoms. The summed E-state index contributed by atoms with van der Waals surface area (Å²) in [6, 6.07) is 39.3. The van der Waals surface area contributed by atoms with E-state index in [1.165, 1.54) is 21.5 Å². The summed E-state index contributed by atoms with van der Waals surface area (Å²) >= 11 is 0. The fourth-order valence-corrected chi connectivity index (χ4v) is 12.2. The minimum absolute atomic E-state index is 0. The Labute approximate surface area is 227 Å². The van der Waals surface area contributed by atoms with Gasteiger partial charge < -0.3 is 0 Å². The molecule has 0 N–H and O–H groups in total. The maximum absolute atomic E-state index is 2.50. The molecule has 0 fully saturated rings. The maximum Gasteiger partial charge on any atom is 2.00 e. The molecule has 0 saturated carbocycles. The van der Waals surface area contributed by atoms with Crippen molar-refractivity contribution >= 4 is 31.8 Å². The van der Waals surface area contributed by atoms with E-state index in [0.29, 0.717) is 16.0 Å². The molecule has 0 aliphatic rings. The van der Waals surface area contributed by atoms with Gasteiger partial charge in [0.15, 0.2) is 0 Å². The predicted octanol–water partition coefficient (Wildman–Crippen LogP) is 8.71. The van der Waals surface area contributed by atoms with E-state index in [-0.39, 0.29) is 25.0 Å². The molecule has 4 aromatic carbocycles. The first kappa shape index (κ1) is 29.7. The van der Waals surface area contributed by atoms with E-state index in [2.05, 4.69) is 127 Å². The van der Waals surface area contributed by atoms with Crippen LogP contribution in [0.25, 0.3) is 0 Å². The van der Waals surface area contributed by atoms with Crippen LogP contribution in [0.5, 0.6) is 0 Å². The third-order valence-electron chi connectivity index (χ3n) is 5.92. The molecule has 0 heterocycles. The van der Waals surface area contributed by atoms with Crippen molar-refractivity contribution in [3.8, 4) is 0 Å². The van der Waals surface area contributed by atoms with Gasteiger partial charge in [-0.3, -0.25) is 0 Å². The molecule has 4 aromatic rings. The van der Waals surface area contributed by atoms with E-state index in [1.54, 1.807) is 0 Å². The summed E-state index contributed by atoms with van der Waals surface area (Å²) in [5.74, 6) is 0. The zero-order chi connectivity index (χ0) is 24.8. The van der Waals surface area contributed by atoms with Gasteiger partial charge in [-0.2, -0.15) is 41.2 Å². The molecule has 4 rings (SSSR count). The van der Waals surface area contributed by atoms with Gasteiger partial charge in [-0.05, 0) is 26.6 Å². The van der Waals surface area contributed by atoms with E-state index in [9.17, 15) is 0 Å². The van der Waals surface area contributed by atoms with E-state index in [4.69, 9.17) is 0 Å². The quantitative estimate of drug-likeness (QED) is 0.134. The van der Waals surface area contributed by atoms with E-state index in [1.807, 2.05) is 30.3 Å². The van der Waals surface area contributed by atoms with Gasteiger partial charge in [-0.1, -0.05) is 125 Å². The molecule has 0 aliphatic carbocycles. The molecule has 1 atom stereocenters. The summed E-state index contributed by atoms with van der Waals surface area (Å²) in [5, 5.41) is 4.97. The molecule has 0 aromatic heterocycles. The molecular weight excluding hydrogens is 502 g/mol. The topological polar surface area (TPSA) is 0 Å². The summed E-state index contributed by atoms with van der Waals surface area (Å²) in [6.07, 6.45) is 0. The molecule has 0 nitrogen and oxygen atoms in total. The van der Waals surface area contributed by atoms with Crippen LogP contribution in [0.2, 0.25) is 0 Å². The Morgan fingerprint density at radius 3 is 1.49 bits per heavy atom. The molecule has 35 heavy (non-hydrogen) atoms. The Balaban J connectivity index is 0.000000640. The van der Waals surface area contributed by atoms with Crippen LogP contribution in [0.3, 0.4) is 0 Å². The van der Waals surface area contributed by atoms with Crippen LogP contribution in [-0.4, -0.2) is 10.3 Å². The van der Waals surface area contributed by atoms with Gasteiger partial charge in [0, 0.05) is 0 Å². The second-order valence-electron chi connectivity index (χ2n) is 10.8. The van der Waals surface area contributed by atoms with Crippen LogP contribution in [0, 0.1) is 0 Å². The van der Waals surface area contributed by atoms with Crippen molar-refractivity contribution in [1.29, 1.82) is 0 Å². The normalized spacial score (nSPS) is 12.6. The van der Waals surface area contributed by atoms with Crippen LogP contribution in [-0.2, 0) is 17.1 Å². The third-order valence-corrected chi connectivity index (χ3v) is 12.3. The number of hydrogen-bond donors (Lipinski definition) is 0. The third kappa shape index (κ3) is 8.27. The van der Waals surface area contributed by atoms with Crippen LogP contribution in [0.1, 0.15) is 59.7 Å². The minimum atomic E-state index is -0.518. The van der Waals surface area contributed by atoms with Crippen molar-refractivity contribution in [2.75, 3.05) is 0 Å². The van der Waals surface area contributed by atoms with Crippen molar-refractivity contribution in [3.05, 3.63) is 115 Å². The second kappa shape index (κ2) is 13.2. The van der Waals surface area contributed by atoms with E-state index >= 15 is 0 Å². The van der Waals surface area contributed by atoms with Gasteiger partial charge in [0.1, 0.15) is 0 Å². The molecule has 0 unspecified atom stereocenters. The Kier molecular flexibility index (Phi) is 11.2. The number of benzene rings is 2. The van der Waals surface area contributed by atoms with Crippen molar-refractivity contribution in [2.45, 2.75) is 64.4 Å². The maximum atomic E-state index is 2.50. The summed E-state index contributed by atoms with van der Waals surface area (Å²) in [4.78, 5) is 0. The van der Waals surface area contributed by atoms with Crippen molar-refractivity contribution in [2.24, 2.45) is 0 Å². The standard InChI is InChI=1S/C27H35P2.C5H5.Fe/c1-21(29(26(2,3)4)27(5,6)7)22-18-19-25(20-22)28(23-14-10-8-11-15-23)24-16-12-9-13-17-24;1-2-4-5-3-1;/h8-21H,1-7H3;1-5H;/q2*-1;+2/t21-;;/m1../s1. The Morgan fingerprint density at radius 1 is 0.657 bits per heavy atom. The SMILES string of the molecule is C[C@H](c1cc(P(c2ccccc2)c2ccccc2)c[cH-]1)P(C(C)(C)C)C(C)(C)C.[Fe+2].c1cc[cH-]c1. The number of hydrogen-bond acceptors (Lipinski definition) is 0. The van der Waals surface area contributed by atoms with Gasteiger partial charge >= 0.3 is 17.1 Å². The van der Waals surface area contributed by atoms with Crippen LogP contribution < -0.4 is 15.9 Å². The average Bonchev–Trinajstić information content (AvgIpc) is 3.49. The average molecular weight is 542 g/mol. The molecule has 0 spiro atoms. The molecule has 186 valence electrons. The fourth-order valence-electron chi connectivity index (χ4n) is 5.09. The smallest absolute Gasteiger partial charge is 0.214 e. The Bertz CT molecular complexity index is 1010. The van der Waals surface area contributed by atoms with Crippen molar-refractivity contribution in [1.82, 2.24) is 0 Å². The largest absolute Gasteiger partial charge is 2.00 e. The zero-order valence-electron chi connectivity index (χ0n) is 22.2. The summed E-state index contributed by atoms with van der Waals surface area (Å²) in [7, 11) is -0.706. The van der Waals surface area contributed by atoms with Crippen LogP contribution >= 0.6 is 15.8 Å². The molecule has 0 aliphatic heterocycles. The monoisotopic (exact) mass is 542 g/mol. The predicted molar refractivity (Wildman–Crippen MR) is 158 cm³/mol. The molecule has 3 heteroatoms. The first-order valence-electron chi connectivity index (χ1n) is 12.2. The Morgan fingerprint density at radius 2 is 1.11 bits per heavy atom. The summed E-state index contributed by atoms with van der Waals surface area (Å²) < 4.78 is 0. The number of rotatable bonds is 5. The first-order chi connectivity index (χ1) is 16.1. The van der Waals surface area contributed by atoms with Gasteiger partial charge in [-0.15, -0.1) is 0 Å². The van der Waals surface area contributed by atoms with E-state index < -0.39 is 7.92 Å². The molecular formula is C32H40FeP2. The van der Waals surface area contributed by atoms with Gasteiger partial charge in [0.05, 0.1) is 0 Å². The van der Waals surface area contributed by atoms with E-state index in [0.717, 1.165) is 0 Å². The second-order valence-corrected chi connectivity index (χ2v) is 17.2. The van der Waals surface area contributed by atoms with Gasteiger partial charge in [0.2, 0.25) is 0 Å². The van der Waals surface area contributed by atoms with Crippen LogP contribution in [0.4, 0.5) is 0 Å². The van der Waals surface area contributed by atoms with Crippen LogP contribution in [0.15, 0.2) is 109 Å².